The van der Waals surface area contributed by atoms with E-state index in [2.05, 4.69) is 15.0 Å². The van der Waals surface area contributed by atoms with Crippen molar-refractivity contribution in [2.45, 2.75) is 25.2 Å². The summed E-state index contributed by atoms with van der Waals surface area (Å²) in [4.78, 5) is 14.7. The largest absolute Gasteiger partial charge is 0.481 e. The van der Waals surface area contributed by atoms with Crippen molar-refractivity contribution in [3.8, 4) is 11.8 Å². The van der Waals surface area contributed by atoms with Gasteiger partial charge in [-0.15, -0.1) is 0 Å². The van der Waals surface area contributed by atoms with Crippen molar-refractivity contribution in [1.29, 1.82) is 0 Å². The standard InChI is InChI=1S/C18H21FN4O2/c1-24-17-8-15(14(19)9-21-17)23-7-5-12(10-23)11-25-16-4-6-20-18(22-16)13-2-3-13/h4,6,8-9,12-13H,2-3,5,7,10-11H2,1H3/t12-/m1/s1. The molecule has 1 aliphatic heterocycles. The Labute approximate surface area is 146 Å². The van der Waals surface area contributed by atoms with Crippen LogP contribution in [0, 0.1) is 11.7 Å². The van der Waals surface area contributed by atoms with Crippen LogP contribution in [-0.4, -0.2) is 41.8 Å². The number of aromatic nitrogens is 3. The molecule has 2 fully saturated rings. The summed E-state index contributed by atoms with van der Waals surface area (Å²) >= 11 is 0. The van der Waals surface area contributed by atoms with Crippen molar-refractivity contribution in [3.63, 3.8) is 0 Å². The van der Waals surface area contributed by atoms with Gasteiger partial charge in [0.15, 0.2) is 5.82 Å². The van der Waals surface area contributed by atoms with Gasteiger partial charge in [0.1, 0.15) is 5.82 Å². The normalized spacial score (nSPS) is 19.9. The Kier molecular flexibility index (Phi) is 4.38. The fraction of sp³-hybridized carbons (Fsp3) is 0.500. The zero-order chi connectivity index (χ0) is 17.2. The van der Waals surface area contributed by atoms with Crippen LogP contribution in [0.5, 0.6) is 11.8 Å². The minimum absolute atomic E-state index is 0.327. The third-order valence-corrected chi connectivity index (χ3v) is 4.70. The van der Waals surface area contributed by atoms with Gasteiger partial charge in [-0.2, -0.15) is 4.98 Å². The Hall–Kier alpha value is -2.44. The van der Waals surface area contributed by atoms with Gasteiger partial charge in [0, 0.05) is 43.3 Å². The highest BCUT2D eigenvalue weighted by Crippen LogP contribution is 2.38. The van der Waals surface area contributed by atoms with Gasteiger partial charge in [0.05, 0.1) is 25.6 Å². The van der Waals surface area contributed by atoms with Crippen LogP contribution in [0.1, 0.15) is 31.0 Å². The van der Waals surface area contributed by atoms with Crippen LogP contribution in [0.15, 0.2) is 24.5 Å². The molecule has 1 saturated carbocycles. The van der Waals surface area contributed by atoms with Crippen LogP contribution in [0.4, 0.5) is 10.1 Å². The molecule has 4 rings (SSSR count). The number of hydrogen-bond acceptors (Lipinski definition) is 6. The number of anilines is 1. The molecule has 0 N–H and O–H groups in total. The fourth-order valence-electron chi connectivity index (χ4n) is 3.13. The summed E-state index contributed by atoms with van der Waals surface area (Å²) in [6, 6.07) is 3.44. The highest BCUT2D eigenvalue weighted by atomic mass is 19.1. The highest BCUT2D eigenvalue weighted by molar-refractivity contribution is 5.50. The van der Waals surface area contributed by atoms with Crippen LogP contribution in [0.2, 0.25) is 0 Å². The van der Waals surface area contributed by atoms with Gasteiger partial charge >= 0.3 is 0 Å². The molecule has 6 nitrogen and oxygen atoms in total. The van der Waals surface area contributed by atoms with Gasteiger partial charge < -0.3 is 14.4 Å². The number of pyridine rings is 1. The van der Waals surface area contributed by atoms with Gasteiger partial charge in [-0.1, -0.05) is 0 Å². The third-order valence-electron chi connectivity index (χ3n) is 4.70. The average Bonchev–Trinajstić information content (AvgIpc) is 3.39. The van der Waals surface area contributed by atoms with Gasteiger partial charge in [0.2, 0.25) is 11.8 Å². The molecule has 0 spiro atoms. The van der Waals surface area contributed by atoms with Crippen molar-refractivity contribution in [3.05, 3.63) is 36.2 Å². The first kappa shape index (κ1) is 16.1. The smallest absolute Gasteiger partial charge is 0.216 e. The summed E-state index contributed by atoms with van der Waals surface area (Å²) in [6.45, 7) is 2.10. The van der Waals surface area contributed by atoms with E-state index >= 15 is 0 Å². The van der Waals surface area contributed by atoms with E-state index in [9.17, 15) is 4.39 Å². The molecule has 1 atom stereocenters. The maximum absolute atomic E-state index is 14.1. The molecule has 0 unspecified atom stereocenters. The fourth-order valence-corrected chi connectivity index (χ4v) is 3.13. The van der Waals surface area contributed by atoms with E-state index < -0.39 is 0 Å². The Morgan fingerprint density at radius 3 is 2.92 bits per heavy atom. The lowest BCUT2D eigenvalue weighted by atomic mass is 10.1. The zero-order valence-electron chi connectivity index (χ0n) is 14.2. The Bertz CT molecular complexity index is 754. The van der Waals surface area contributed by atoms with Crippen LogP contribution in [0.3, 0.4) is 0 Å². The number of halogens is 1. The van der Waals surface area contributed by atoms with Crippen molar-refractivity contribution >= 4 is 5.69 Å². The Morgan fingerprint density at radius 1 is 1.24 bits per heavy atom. The molecule has 7 heteroatoms. The summed E-state index contributed by atoms with van der Waals surface area (Å²) in [5, 5.41) is 0. The molecule has 0 amide bonds. The molecule has 0 aromatic carbocycles. The molecule has 2 aliphatic rings. The van der Waals surface area contributed by atoms with Gasteiger partial charge in [0.25, 0.3) is 0 Å². The SMILES string of the molecule is COc1cc(N2CC[C@@H](COc3ccnc(C4CC4)n3)C2)c(F)cn1. The van der Waals surface area contributed by atoms with Crippen LogP contribution in [0.25, 0.3) is 0 Å². The van der Waals surface area contributed by atoms with Crippen LogP contribution in [-0.2, 0) is 0 Å². The Morgan fingerprint density at radius 2 is 2.12 bits per heavy atom. The quantitative estimate of drug-likeness (QED) is 0.803. The maximum atomic E-state index is 14.1. The van der Waals surface area contributed by atoms with Crippen molar-refractivity contribution in [1.82, 2.24) is 15.0 Å². The molecule has 2 aromatic heterocycles. The van der Waals surface area contributed by atoms with E-state index in [1.54, 1.807) is 18.3 Å². The first-order valence-corrected chi connectivity index (χ1v) is 8.63. The van der Waals surface area contributed by atoms with E-state index in [1.165, 1.54) is 26.1 Å². The predicted molar refractivity (Wildman–Crippen MR) is 90.6 cm³/mol. The van der Waals surface area contributed by atoms with E-state index in [4.69, 9.17) is 9.47 Å². The van der Waals surface area contributed by atoms with Gasteiger partial charge in [-0.05, 0) is 19.3 Å². The molecule has 1 saturated heterocycles. The summed E-state index contributed by atoms with van der Waals surface area (Å²) < 4.78 is 25.0. The van der Waals surface area contributed by atoms with Crippen molar-refractivity contribution in [2.75, 3.05) is 31.7 Å². The van der Waals surface area contributed by atoms with Crippen LogP contribution < -0.4 is 14.4 Å². The summed E-state index contributed by atoms with van der Waals surface area (Å²) in [6.07, 6.45) is 6.25. The van der Waals surface area contributed by atoms with E-state index in [-0.39, 0.29) is 5.82 Å². The average molecular weight is 344 g/mol. The Balaban J connectivity index is 1.36. The minimum atomic E-state index is -0.327. The molecule has 0 bridgehead atoms. The zero-order valence-corrected chi connectivity index (χ0v) is 14.2. The van der Waals surface area contributed by atoms with E-state index in [1.807, 2.05) is 4.90 Å². The van der Waals surface area contributed by atoms with E-state index in [0.717, 1.165) is 25.3 Å². The second kappa shape index (κ2) is 6.82. The first-order chi connectivity index (χ1) is 12.2. The lowest BCUT2D eigenvalue weighted by Gasteiger charge is -2.19. The summed E-state index contributed by atoms with van der Waals surface area (Å²) in [7, 11) is 1.53. The van der Waals surface area contributed by atoms with Crippen molar-refractivity contribution in [2.24, 2.45) is 5.92 Å². The molecular formula is C18H21FN4O2. The first-order valence-electron chi connectivity index (χ1n) is 8.63. The number of methoxy groups -OCH3 is 1. The molecule has 0 radical (unpaired) electrons. The molecule has 132 valence electrons. The molecule has 25 heavy (non-hydrogen) atoms. The van der Waals surface area contributed by atoms with Crippen molar-refractivity contribution < 1.29 is 13.9 Å². The third kappa shape index (κ3) is 3.65. The number of nitrogens with zero attached hydrogens (tertiary/aromatic N) is 4. The van der Waals surface area contributed by atoms with Crippen LogP contribution >= 0.6 is 0 Å². The highest BCUT2D eigenvalue weighted by Gasteiger charge is 2.28. The molecule has 1 aliphatic carbocycles. The van der Waals surface area contributed by atoms with E-state index in [0.29, 0.717) is 35.9 Å². The summed E-state index contributed by atoms with van der Waals surface area (Å²) in [5.41, 5.74) is 0.535. The number of ether oxygens (including phenoxy) is 2. The van der Waals surface area contributed by atoms with Gasteiger partial charge in [-0.25, -0.2) is 14.4 Å². The second-order valence-corrected chi connectivity index (χ2v) is 6.62. The summed E-state index contributed by atoms with van der Waals surface area (Å²) in [5.74, 6) is 2.45. The van der Waals surface area contributed by atoms with Gasteiger partial charge in [-0.3, -0.25) is 0 Å². The number of rotatable bonds is 6. The minimum Gasteiger partial charge on any atom is -0.481 e. The number of hydrogen-bond donors (Lipinski definition) is 0. The monoisotopic (exact) mass is 344 g/mol. The lowest BCUT2D eigenvalue weighted by Crippen LogP contribution is -2.23. The molecule has 3 heterocycles. The molecular weight excluding hydrogens is 323 g/mol. The maximum Gasteiger partial charge on any atom is 0.216 e. The second-order valence-electron chi connectivity index (χ2n) is 6.62. The molecule has 2 aromatic rings. The lowest BCUT2D eigenvalue weighted by molar-refractivity contribution is 0.251. The topological polar surface area (TPSA) is 60.4 Å². The predicted octanol–water partition coefficient (Wildman–Crippen LogP) is 2.80.